The zero-order valence-corrected chi connectivity index (χ0v) is 15.7. The van der Waals surface area contributed by atoms with E-state index in [1.54, 1.807) is 41.3 Å². The highest BCUT2D eigenvalue weighted by Gasteiger charge is 2.22. The van der Waals surface area contributed by atoms with Gasteiger partial charge in [0, 0.05) is 24.2 Å². The van der Waals surface area contributed by atoms with E-state index >= 15 is 0 Å². The standard InChI is InChI=1S/C20H17FN4O2S/c21-16-8-2-1-7-15(16)19-22-20(24-23-19)28-12-17(26)13-5-3-6-14(11-13)25-10-4-9-18(25)27/h1-3,5-8,11H,4,9-10,12H2,(H,22,23,24). The fourth-order valence-corrected chi connectivity index (χ4v) is 3.76. The third-order valence-corrected chi connectivity index (χ3v) is 5.33. The minimum atomic E-state index is -0.389. The smallest absolute Gasteiger partial charge is 0.227 e. The maximum absolute atomic E-state index is 13.8. The molecule has 0 unspecified atom stereocenters. The number of nitrogens with one attached hydrogen (secondary N) is 1. The van der Waals surface area contributed by atoms with Crippen molar-refractivity contribution in [3.63, 3.8) is 0 Å². The highest BCUT2D eigenvalue weighted by atomic mass is 32.2. The van der Waals surface area contributed by atoms with Crippen LogP contribution in [0.15, 0.2) is 53.7 Å². The molecule has 2 aromatic carbocycles. The molecular weight excluding hydrogens is 379 g/mol. The number of benzene rings is 2. The number of Topliss-reactive ketones (excluding diaryl/α,β-unsaturated/α-hetero) is 1. The van der Waals surface area contributed by atoms with Gasteiger partial charge in [0.15, 0.2) is 11.6 Å². The Morgan fingerprint density at radius 3 is 2.86 bits per heavy atom. The number of carbonyl (C=O) groups is 2. The molecule has 28 heavy (non-hydrogen) atoms. The number of aromatic nitrogens is 3. The number of ketones is 1. The van der Waals surface area contributed by atoms with Gasteiger partial charge in [0.05, 0.1) is 11.3 Å². The summed E-state index contributed by atoms with van der Waals surface area (Å²) in [5.41, 5.74) is 1.61. The fraction of sp³-hybridized carbons (Fsp3) is 0.200. The number of aromatic amines is 1. The second-order valence-corrected chi connectivity index (χ2v) is 7.30. The number of halogens is 1. The first-order chi connectivity index (χ1) is 13.6. The molecule has 0 radical (unpaired) electrons. The van der Waals surface area contributed by atoms with Crippen molar-refractivity contribution in [2.24, 2.45) is 0 Å². The van der Waals surface area contributed by atoms with Gasteiger partial charge in [-0.3, -0.25) is 14.7 Å². The first kappa shape index (κ1) is 18.4. The molecule has 3 aromatic rings. The lowest BCUT2D eigenvalue weighted by Crippen LogP contribution is -2.23. The van der Waals surface area contributed by atoms with Crippen LogP contribution in [0.3, 0.4) is 0 Å². The summed E-state index contributed by atoms with van der Waals surface area (Å²) < 4.78 is 13.8. The summed E-state index contributed by atoms with van der Waals surface area (Å²) >= 11 is 1.18. The molecule has 0 saturated carbocycles. The van der Waals surface area contributed by atoms with Crippen LogP contribution in [0.25, 0.3) is 11.4 Å². The average Bonchev–Trinajstić information content (AvgIpc) is 3.35. The number of hydrogen-bond acceptors (Lipinski definition) is 5. The van der Waals surface area contributed by atoms with Crippen LogP contribution in [0.2, 0.25) is 0 Å². The minimum absolute atomic E-state index is 0.0837. The van der Waals surface area contributed by atoms with Gasteiger partial charge >= 0.3 is 0 Å². The van der Waals surface area contributed by atoms with Crippen molar-refractivity contribution < 1.29 is 14.0 Å². The molecule has 0 bridgehead atoms. The van der Waals surface area contributed by atoms with Crippen LogP contribution in [-0.4, -0.2) is 39.2 Å². The second kappa shape index (κ2) is 7.93. The van der Waals surface area contributed by atoms with Gasteiger partial charge < -0.3 is 4.90 Å². The van der Waals surface area contributed by atoms with Gasteiger partial charge in [0.2, 0.25) is 11.1 Å². The molecule has 1 saturated heterocycles. The summed E-state index contributed by atoms with van der Waals surface area (Å²) in [7, 11) is 0. The molecule has 2 heterocycles. The SMILES string of the molecule is O=C(CSc1n[nH]c(-c2ccccc2F)n1)c1cccc(N2CCCC2=O)c1. The molecule has 4 rings (SSSR count). The number of carbonyl (C=O) groups excluding carboxylic acids is 2. The summed E-state index contributed by atoms with van der Waals surface area (Å²) in [5, 5.41) is 7.12. The minimum Gasteiger partial charge on any atom is -0.312 e. The van der Waals surface area contributed by atoms with Gasteiger partial charge in [-0.1, -0.05) is 36.0 Å². The largest absolute Gasteiger partial charge is 0.312 e. The predicted octanol–water partition coefficient (Wildman–Crippen LogP) is 3.71. The maximum atomic E-state index is 13.8. The monoisotopic (exact) mass is 396 g/mol. The van der Waals surface area contributed by atoms with Crippen LogP contribution in [0.1, 0.15) is 23.2 Å². The van der Waals surface area contributed by atoms with Crippen LogP contribution in [-0.2, 0) is 4.79 Å². The average molecular weight is 396 g/mol. The number of nitrogens with zero attached hydrogens (tertiary/aromatic N) is 3. The van der Waals surface area contributed by atoms with E-state index in [2.05, 4.69) is 15.2 Å². The Kier molecular flexibility index (Phi) is 5.21. The Morgan fingerprint density at radius 1 is 1.21 bits per heavy atom. The summed E-state index contributed by atoms with van der Waals surface area (Å²) in [5.74, 6) is 0.0737. The zero-order valence-electron chi connectivity index (χ0n) is 14.9. The summed E-state index contributed by atoms with van der Waals surface area (Å²) in [6.07, 6.45) is 1.38. The van der Waals surface area contributed by atoms with E-state index in [0.29, 0.717) is 35.1 Å². The first-order valence-corrected chi connectivity index (χ1v) is 9.84. The molecule has 1 aromatic heterocycles. The van der Waals surface area contributed by atoms with Crippen molar-refractivity contribution in [3.8, 4) is 11.4 Å². The van der Waals surface area contributed by atoms with Gasteiger partial charge in [-0.25, -0.2) is 9.37 Å². The van der Waals surface area contributed by atoms with Crippen molar-refractivity contribution in [2.45, 2.75) is 18.0 Å². The summed E-state index contributed by atoms with van der Waals surface area (Å²) in [6.45, 7) is 0.682. The van der Waals surface area contributed by atoms with Gasteiger partial charge in [-0.05, 0) is 30.7 Å². The normalized spacial score (nSPS) is 13.9. The van der Waals surface area contributed by atoms with Gasteiger partial charge in [0.25, 0.3) is 0 Å². The van der Waals surface area contributed by atoms with Crippen LogP contribution in [0.5, 0.6) is 0 Å². The number of H-pyrrole nitrogens is 1. The molecule has 8 heteroatoms. The number of rotatable bonds is 6. The highest BCUT2D eigenvalue weighted by Crippen LogP contribution is 2.25. The third kappa shape index (κ3) is 3.82. The lowest BCUT2D eigenvalue weighted by atomic mass is 10.1. The Labute approximate surface area is 165 Å². The van der Waals surface area contributed by atoms with Crippen LogP contribution >= 0.6 is 11.8 Å². The first-order valence-electron chi connectivity index (χ1n) is 8.85. The van der Waals surface area contributed by atoms with Crippen LogP contribution < -0.4 is 4.90 Å². The predicted molar refractivity (Wildman–Crippen MR) is 105 cm³/mol. The van der Waals surface area contributed by atoms with Crippen molar-refractivity contribution in [2.75, 3.05) is 17.2 Å². The van der Waals surface area contributed by atoms with E-state index in [-0.39, 0.29) is 23.3 Å². The van der Waals surface area contributed by atoms with E-state index in [0.717, 1.165) is 12.1 Å². The number of hydrogen-bond donors (Lipinski definition) is 1. The van der Waals surface area contributed by atoms with E-state index in [1.807, 2.05) is 6.07 Å². The number of thioether (sulfide) groups is 1. The van der Waals surface area contributed by atoms with Gasteiger partial charge in [0.1, 0.15) is 5.82 Å². The molecule has 1 aliphatic rings. The van der Waals surface area contributed by atoms with Crippen molar-refractivity contribution in [1.82, 2.24) is 15.2 Å². The second-order valence-electron chi connectivity index (χ2n) is 6.36. The molecule has 0 atom stereocenters. The van der Waals surface area contributed by atoms with Crippen molar-refractivity contribution in [1.29, 1.82) is 0 Å². The lowest BCUT2D eigenvalue weighted by molar-refractivity contribution is -0.117. The van der Waals surface area contributed by atoms with E-state index < -0.39 is 0 Å². The molecule has 1 N–H and O–H groups in total. The molecule has 0 aliphatic carbocycles. The number of amides is 1. The van der Waals surface area contributed by atoms with Gasteiger partial charge in [-0.2, -0.15) is 0 Å². The van der Waals surface area contributed by atoms with Gasteiger partial charge in [-0.15, -0.1) is 5.10 Å². The van der Waals surface area contributed by atoms with Crippen LogP contribution in [0, 0.1) is 5.82 Å². The number of anilines is 1. The third-order valence-electron chi connectivity index (χ3n) is 4.48. The van der Waals surface area contributed by atoms with Crippen molar-refractivity contribution >= 4 is 29.1 Å². The molecule has 6 nitrogen and oxygen atoms in total. The highest BCUT2D eigenvalue weighted by molar-refractivity contribution is 7.99. The maximum Gasteiger partial charge on any atom is 0.227 e. The molecule has 0 spiro atoms. The fourth-order valence-electron chi connectivity index (χ4n) is 3.07. The molecule has 1 fully saturated rings. The quantitative estimate of drug-likeness (QED) is 0.508. The van der Waals surface area contributed by atoms with Crippen LogP contribution in [0.4, 0.5) is 10.1 Å². The molecule has 1 aliphatic heterocycles. The molecule has 142 valence electrons. The Hall–Kier alpha value is -3.00. The van der Waals surface area contributed by atoms with E-state index in [9.17, 15) is 14.0 Å². The lowest BCUT2D eigenvalue weighted by Gasteiger charge is -2.16. The topological polar surface area (TPSA) is 79.0 Å². The van der Waals surface area contributed by atoms with Crippen molar-refractivity contribution in [3.05, 3.63) is 59.9 Å². The Morgan fingerprint density at radius 2 is 2.07 bits per heavy atom. The van der Waals surface area contributed by atoms with E-state index in [1.165, 1.54) is 17.8 Å². The summed E-state index contributed by atoms with van der Waals surface area (Å²) in [6, 6.07) is 13.4. The Balaban J connectivity index is 1.43. The molecular formula is C20H17FN4O2S. The van der Waals surface area contributed by atoms with E-state index in [4.69, 9.17) is 0 Å². The molecule has 1 amide bonds. The Bertz CT molecular complexity index is 1040. The summed E-state index contributed by atoms with van der Waals surface area (Å²) in [4.78, 5) is 30.4. The zero-order chi connectivity index (χ0) is 19.5.